The molecule has 8 heteroatoms. The van der Waals surface area contributed by atoms with E-state index in [1.54, 1.807) is 36.4 Å². The van der Waals surface area contributed by atoms with Crippen LogP contribution in [0.15, 0.2) is 97.6 Å². The molecule has 39 heavy (non-hydrogen) atoms. The summed E-state index contributed by atoms with van der Waals surface area (Å²) in [4.78, 5) is 36.4. The second-order valence-electron chi connectivity index (χ2n) is 8.25. The number of rotatable bonds is 11. The maximum atomic E-state index is 12.7. The van der Waals surface area contributed by atoms with Crippen LogP contribution < -0.4 is 18.9 Å². The fourth-order valence-corrected chi connectivity index (χ4v) is 3.60. The van der Waals surface area contributed by atoms with Crippen molar-refractivity contribution in [2.24, 2.45) is 0 Å². The van der Waals surface area contributed by atoms with Crippen LogP contribution in [0.1, 0.15) is 27.1 Å². The summed E-state index contributed by atoms with van der Waals surface area (Å²) in [6.07, 6.45) is 1.61. The number of carbonyl (C=O) groups excluding carboxylic acids is 3. The molecule has 0 aliphatic rings. The number of esters is 3. The molecular weight excluding hydrogens is 500 g/mol. The maximum Gasteiger partial charge on any atom is 0.343 e. The van der Waals surface area contributed by atoms with Crippen molar-refractivity contribution in [1.29, 1.82) is 0 Å². The van der Waals surface area contributed by atoms with Crippen molar-refractivity contribution < 1.29 is 38.1 Å². The van der Waals surface area contributed by atoms with E-state index in [1.807, 2.05) is 30.3 Å². The van der Waals surface area contributed by atoms with E-state index in [1.165, 1.54) is 25.3 Å². The zero-order valence-electron chi connectivity index (χ0n) is 21.3. The van der Waals surface area contributed by atoms with Gasteiger partial charge in [-0.2, -0.15) is 0 Å². The SMILES string of the molecule is C=CC(=O)OCCCOc1ccc(C(=O)Oc2ccc(C(=O)Oc3ccc4ccccc4c3)cc2OC)cc1. The topological polar surface area (TPSA) is 97.4 Å². The van der Waals surface area contributed by atoms with E-state index in [9.17, 15) is 14.4 Å². The lowest BCUT2D eigenvalue weighted by Gasteiger charge is -2.12. The average molecular weight is 527 g/mol. The van der Waals surface area contributed by atoms with Crippen LogP contribution in [0.5, 0.6) is 23.0 Å². The highest BCUT2D eigenvalue weighted by molar-refractivity contribution is 5.94. The molecule has 0 bridgehead atoms. The third kappa shape index (κ3) is 7.23. The van der Waals surface area contributed by atoms with E-state index >= 15 is 0 Å². The Morgan fingerprint density at radius 1 is 0.718 bits per heavy atom. The van der Waals surface area contributed by atoms with Crippen molar-refractivity contribution in [2.45, 2.75) is 6.42 Å². The van der Waals surface area contributed by atoms with Crippen molar-refractivity contribution in [3.63, 3.8) is 0 Å². The van der Waals surface area contributed by atoms with Crippen LogP contribution in [-0.4, -0.2) is 38.2 Å². The number of carbonyl (C=O) groups is 3. The molecule has 0 unspecified atom stereocenters. The highest BCUT2D eigenvalue weighted by Crippen LogP contribution is 2.30. The van der Waals surface area contributed by atoms with Crippen LogP contribution in [0.2, 0.25) is 0 Å². The van der Waals surface area contributed by atoms with Crippen LogP contribution >= 0.6 is 0 Å². The molecule has 0 fully saturated rings. The predicted octanol–water partition coefficient (Wildman–Crippen LogP) is 5.78. The fourth-order valence-electron chi connectivity index (χ4n) is 3.60. The second kappa shape index (κ2) is 12.9. The molecule has 0 aliphatic carbocycles. The highest BCUT2D eigenvalue weighted by atomic mass is 16.6. The number of ether oxygens (including phenoxy) is 5. The van der Waals surface area contributed by atoms with Gasteiger partial charge in [0.15, 0.2) is 11.5 Å². The molecule has 0 saturated heterocycles. The molecular formula is C31H26O8. The highest BCUT2D eigenvalue weighted by Gasteiger charge is 2.17. The minimum atomic E-state index is -0.609. The molecule has 0 aliphatic heterocycles. The lowest BCUT2D eigenvalue weighted by atomic mass is 10.1. The van der Waals surface area contributed by atoms with Crippen molar-refractivity contribution in [3.8, 4) is 23.0 Å². The molecule has 0 heterocycles. The van der Waals surface area contributed by atoms with Gasteiger partial charge in [0.25, 0.3) is 0 Å². The Hall–Kier alpha value is -5.11. The summed E-state index contributed by atoms with van der Waals surface area (Å²) in [5, 5.41) is 1.99. The first kappa shape index (κ1) is 26.9. The molecule has 4 rings (SSSR count). The number of fused-ring (bicyclic) bond motifs is 1. The number of hydrogen-bond donors (Lipinski definition) is 0. The molecule has 4 aromatic carbocycles. The van der Waals surface area contributed by atoms with Crippen molar-refractivity contribution >= 4 is 28.7 Å². The molecule has 0 amide bonds. The second-order valence-corrected chi connectivity index (χ2v) is 8.25. The van der Waals surface area contributed by atoms with Crippen LogP contribution in [0.25, 0.3) is 10.8 Å². The van der Waals surface area contributed by atoms with E-state index < -0.39 is 17.9 Å². The smallest absolute Gasteiger partial charge is 0.343 e. The molecule has 0 radical (unpaired) electrons. The van der Waals surface area contributed by atoms with E-state index in [0.29, 0.717) is 30.1 Å². The van der Waals surface area contributed by atoms with Crippen molar-refractivity contribution in [3.05, 3.63) is 109 Å². The van der Waals surface area contributed by atoms with Crippen LogP contribution in [0.3, 0.4) is 0 Å². The minimum absolute atomic E-state index is 0.152. The molecule has 0 spiro atoms. The summed E-state index contributed by atoms with van der Waals surface area (Å²) in [5.41, 5.74) is 0.532. The Morgan fingerprint density at radius 3 is 2.15 bits per heavy atom. The van der Waals surface area contributed by atoms with E-state index in [4.69, 9.17) is 23.7 Å². The first-order chi connectivity index (χ1) is 19.0. The van der Waals surface area contributed by atoms with Crippen molar-refractivity contribution in [1.82, 2.24) is 0 Å². The molecule has 0 saturated carbocycles. The molecule has 198 valence electrons. The minimum Gasteiger partial charge on any atom is -0.493 e. The maximum absolute atomic E-state index is 12.7. The summed E-state index contributed by atoms with van der Waals surface area (Å²) in [6.45, 7) is 3.88. The third-order valence-electron chi connectivity index (χ3n) is 5.59. The van der Waals surface area contributed by atoms with E-state index in [0.717, 1.165) is 16.8 Å². The summed E-state index contributed by atoms with van der Waals surface area (Å²) in [6, 6.07) is 24.0. The average Bonchev–Trinajstić information content (AvgIpc) is 2.97. The van der Waals surface area contributed by atoms with Gasteiger partial charge in [-0.1, -0.05) is 36.9 Å². The lowest BCUT2D eigenvalue weighted by molar-refractivity contribution is -0.137. The van der Waals surface area contributed by atoms with Gasteiger partial charge in [0.05, 0.1) is 31.5 Å². The Morgan fingerprint density at radius 2 is 1.41 bits per heavy atom. The molecule has 0 aromatic heterocycles. The largest absolute Gasteiger partial charge is 0.493 e. The monoisotopic (exact) mass is 526 g/mol. The van der Waals surface area contributed by atoms with Gasteiger partial charge in [-0.3, -0.25) is 0 Å². The number of methoxy groups -OCH3 is 1. The Kier molecular flexibility index (Phi) is 8.92. The zero-order valence-corrected chi connectivity index (χ0v) is 21.3. The Labute approximate surface area is 225 Å². The van der Waals surface area contributed by atoms with E-state index in [2.05, 4.69) is 6.58 Å². The van der Waals surface area contributed by atoms with Gasteiger partial charge in [0.1, 0.15) is 11.5 Å². The van der Waals surface area contributed by atoms with Gasteiger partial charge in [0, 0.05) is 12.5 Å². The number of hydrogen-bond acceptors (Lipinski definition) is 8. The lowest BCUT2D eigenvalue weighted by Crippen LogP contribution is -2.11. The standard InChI is InChI=1S/C31H26O8/c1-3-29(32)37-18-6-17-36-25-13-10-22(11-14-25)30(33)39-27-16-12-24(20-28(27)35-2)31(34)38-26-15-9-21-7-4-5-8-23(21)19-26/h3-5,7-16,19-20H,1,6,17-18H2,2H3. The van der Waals surface area contributed by atoms with Gasteiger partial charge in [0.2, 0.25) is 0 Å². The van der Waals surface area contributed by atoms with Gasteiger partial charge < -0.3 is 23.7 Å². The van der Waals surface area contributed by atoms with Crippen LogP contribution in [0.4, 0.5) is 0 Å². The van der Waals surface area contributed by atoms with Gasteiger partial charge in [-0.15, -0.1) is 0 Å². The molecule has 0 N–H and O–H groups in total. The quantitative estimate of drug-likeness (QED) is 0.105. The van der Waals surface area contributed by atoms with E-state index in [-0.39, 0.29) is 23.7 Å². The van der Waals surface area contributed by atoms with Crippen molar-refractivity contribution in [2.75, 3.05) is 20.3 Å². The van der Waals surface area contributed by atoms with Crippen LogP contribution in [-0.2, 0) is 9.53 Å². The molecule has 8 nitrogen and oxygen atoms in total. The van der Waals surface area contributed by atoms with Crippen LogP contribution in [0, 0.1) is 0 Å². The Balaban J connectivity index is 1.34. The summed E-state index contributed by atoms with van der Waals surface area (Å²) < 4.78 is 26.8. The summed E-state index contributed by atoms with van der Waals surface area (Å²) in [5.74, 6) is -0.346. The van der Waals surface area contributed by atoms with Gasteiger partial charge in [-0.05, 0) is 65.4 Å². The van der Waals surface area contributed by atoms with Gasteiger partial charge in [-0.25, -0.2) is 14.4 Å². The summed E-state index contributed by atoms with van der Waals surface area (Å²) in [7, 11) is 1.41. The summed E-state index contributed by atoms with van der Waals surface area (Å²) >= 11 is 0. The third-order valence-corrected chi connectivity index (χ3v) is 5.59. The Bertz CT molecular complexity index is 1490. The molecule has 0 atom stereocenters. The first-order valence-corrected chi connectivity index (χ1v) is 12.1. The predicted molar refractivity (Wildman–Crippen MR) is 145 cm³/mol. The first-order valence-electron chi connectivity index (χ1n) is 12.1. The van der Waals surface area contributed by atoms with Gasteiger partial charge >= 0.3 is 17.9 Å². The normalized spacial score (nSPS) is 10.4. The zero-order chi connectivity index (χ0) is 27.6. The number of benzene rings is 4. The fraction of sp³-hybridized carbons (Fsp3) is 0.129. The molecule has 4 aromatic rings.